The van der Waals surface area contributed by atoms with Gasteiger partial charge in [0.05, 0.1) is 17.0 Å². The van der Waals surface area contributed by atoms with Crippen molar-refractivity contribution in [2.45, 2.75) is 55.8 Å². The number of sulfonamides is 1. The maximum Gasteiger partial charge on any atom is 0.417 e. The second-order valence-electron chi connectivity index (χ2n) is 7.40. The van der Waals surface area contributed by atoms with Crippen molar-refractivity contribution in [1.82, 2.24) is 4.31 Å². The third-order valence-electron chi connectivity index (χ3n) is 5.20. The Morgan fingerprint density at radius 1 is 1.15 bits per heavy atom. The zero-order chi connectivity index (χ0) is 19.4. The van der Waals surface area contributed by atoms with Gasteiger partial charge >= 0.3 is 6.18 Å². The van der Waals surface area contributed by atoms with Gasteiger partial charge in [0.15, 0.2) is 0 Å². The first-order valence-electron chi connectivity index (χ1n) is 8.94. The molecule has 2 aromatic rings. The van der Waals surface area contributed by atoms with Crippen molar-refractivity contribution < 1.29 is 26.0 Å². The van der Waals surface area contributed by atoms with Gasteiger partial charge in [-0.15, -0.1) is 0 Å². The van der Waals surface area contributed by atoms with Gasteiger partial charge in [-0.05, 0) is 49.4 Å². The molecular weight excluding hydrogens is 379 g/mol. The zero-order valence-corrected chi connectivity index (χ0v) is 15.6. The maximum absolute atomic E-state index is 13.3. The highest BCUT2D eigenvalue weighted by atomic mass is 32.2. The van der Waals surface area contributed by atoms with E-state index in [2.05, 4.69) is 6.92 Å². The average Bonchev–Trinajstić information content (AvgIpc) is 3.52. The summed E-state index contributed by atoms with van der Waals surface area (Å²) in [5, 5.41) is 0. The summed E-state index contributed by atoms with van der Waals surface area (Å²) >= 11 is 0. The van der Waals surface area contributed by atoms with Crippen LogP contribution in [-0.2, 0) is 22.7 Å². The number of halogens is 3. The molecule has 2 atom stereocenters. The molecule has 2 saturated carbocycles. The number of nitrogens with zero attached hydrogens (tertiary/aromatic N) is 1. The Hall–Kier alpha value is -1.80. The third kappa shape index (κ3) is 3.65. The summed E-state index contributed by atoms with van der Waals surface area (Å²) in [5.74, 6) is 2.19. The molecule has 2 aliphatic carbocycles. The van der Waals surface area contributed by atoms with Crippen molar-refractivity contribution >= 4 is 10.0 Å². The van der Waals surface area contributed by atoms with Gasteiger partial charge < -0.3 is 4.42 Å². The van der Waals surface area contributed by atoms with Gasteiger partial charge in [-0.3, -0.25) is 0 Å². The van der Waals surface area contributed by atoms with E-state index in [4.69, 9.17) is 4.42 Å². The summed E-state index contributed by atoms with van der Waals surface area (Å²) < 4.78 is 73.0. The monoisotopic (exact) mass is 399 g/mol. The fourth-order valence-electron chi connectivity index (χ4n) is 3.38. The van der Waals surface area contributed by atoms with E-state index in [1.54, 1.807) is 6.07 Å². The van der Waals surface area contributed by atoms with Crippen molar-refractivity contribution in [1.29, 1.82) is 0 Å². The van der Waals surface area contributed by atoms with Crippen LogP contribution in [0.25, 0.3) is 0 Å². The zero-order valence-electron chi connectivity index (χ0n) is 14.7. The molecule has 0 radical (unpaired) electrons. The standard InChI is InChI=1S/C19H20F3NO3S/c1-12-10-15(12)17-9-8-14(26-17)11-23(13-6-7-13)27(24,25)18-5-3-2-4-16(18)19(20,21)22/h2-5,8-9,12-13,15H,6-7,10-11H2,1H3/t12-,15-/m1/s1. The number of hydrogen-bond donors (Lipinski definition) is 0. The molecule has 0 amide bonds. The molecule has 0 saturated heterocycles. The Morgan fingerprint density at radius 3 is 2.41 bits per heavy atom. The largest absolute Gasteiger partial charge is 0.464 e. The van der Waals surface area contributed by atoms with Gasteiger partial charge in [0, 0.05) is 12.0 Å². The van der Waals surface area contributed by atoms with E-state index in [0.29, 0.717) is 30.4 Å². The number of rotatable bonds is 6. The van der Waals surface area contributed by atoms with E-state index in [1.807, 2.05) is 6.07 Å². The molecule has 4 rings (SSSR count). The first-order valence-corrected chi connectivity index (χ1v) is 10.4. The molecule has 0 unspecified atom stereocenters. The van der Waals surface area contributed by atoms with Crippen molar-refractivity contribution in [3.63, 3.8) is 0 Å². The first-order chi connectivity index (χ1) is 12.7. The third-order valence-corrected chi connectivity index (χ3v) is 7.16. The lowest BCUT2D eigenvalue weighted by Crippen LogP contribution is -2.33. The molecule has 0 spiro atoms. The maximum atomic E-state index is 13.3. The Kier molecular flexibility index (Phi) is 4.38. The molecule has 8 heteroatoms. The van der Waals surface area contributed by atoms with E-state index in [9.17, 15) is 21.6 Å². The van der Waals surface area contributed by atoms with E-state index < -0.39 is 26.7 Å². The van der Waals surface area contributed by atoms with E-state index >= 15 is 0 Å². The van der Waals surface area contributed by atoms with Crippen LogP contribution in [0.4, 0.5) is 13.2 Å². The van der Waals surface area contributed by atoms with Gasteiger partial charge in [0.2, 0.25) is 10.0 Å². The minimum Gasteiger partial charge on any atom is -0.464 e. The summed E-state index contributed by atoms with van der Waals surface area (Å²) in [7, 11) is -4.30. The summed E-state index contributed by atoms with van der Waals surface area (Å²) in [6.07, 6.45) is -2.42. The molecular formula is C19H20F3NO3S. The molecule has 27 heavy (non-hydrogen) atoms. The predicted octanol–water partition coefficient (Wildman–Crippen LogP) is 4.78. The topological polar surface area (TPSA) is 50.5 Å². The fourth-order valence-corrected chi connectivity index (χ4v) is 5.24. The van der Waals surface area contributed by atoms with Crippen molar-refractivity contribution in [2.75, 3.05) is 0 Å². The van der Waals surface area contributed by atoms with E-state index in [1.165, 1.54) is 12.1 Å². The smallest absolute Gasteiger partial charge is 0.417 e. The fraction of sp³-hybridized carbons (Fsp3) is 0.474. The first kappa shape index (κ1) is 18.6. The highest BCUT2D eigenvalue weighted by molar-refractivity contribution is 7.89. The summed E-state index contributed by atoms with van der Waals surface area (Å²) in [4.78, 5) is -0.702. The van der Waals surface area contributed by atoms with Crippen molar-refractivity contribution in [2.24, 2.45) is 5.92 Å². The molecule has 0 N–H and O–H groups in total. The van der Waals surface area contributed by atoms with Gasteiger partial charge in [-0.25, -0.2) is 8.42 Å². The minimum absolute atomic E-state index is 0.0553. The van der Waals surface area contributed by atoms with Crippen LogP contribution in [0.2, 0.25) is 0 Å². The second kappa shape index (κ2) is 6.38. The molecule has 2 fully saturated rings. The lowest BCUT2D eigenvalue weighted by atomic mass is 10.2. The van der Waals surface area contributed by atoms with Gasteiger partial charge in [0.1, 0.15) is 11.5 Å². The van der Waals surface area contributed by atoms with Crippen LogP contribution >= 0.6 is 0 Å². The molecule has 1 heterocycles. The summed E-state index contributed by atoms with van der Waals surface area (Å²) in [6.45, 7) is 2.06. The highest BCUT2D eigenvalue weighted by Crippen LogP contribution is 2.47. The van der Waals surface area contributed by atoms with Crippen LogP contribution in [0.5, 0.6) is 0 Å². The molecule has 146 valence electrons. The van der Waals surface area contributed by atoms with Gasteiger partial charge in [-0.1, -0.05) is 19.1 Å². The van der Waals surface area contributed by atoms with Crippen LogP contribution in [-0.4, -0.2) is 18.8 Å². The predicted molar refractivity (Wildman–Crippen MR) is 92.4 cm³/mol. The minimum atomic E-state index is -4.74. The molecule has 1 aromatic heterocycles. The number of furan rings is 1. The van der Waals surface area contributed by atoms with Gasteiger partial charge in [-0.2, -0.15) is 17.5 Å². The quantitative estimate of drug-likeness (QED) is 0.703. The van der Waals surface area contributed by atoms with Gasteiger partial charge in [0.25, 0.3) is 0 Å². The Balaban J connectivity index is 1.65. The SMILES string of the molecule is C[C@@H]1C[C@H]1c1ccc(CN(C2CC2)S(=O)(=O)c2ccccc2C(F)(F)F)o1. The van der Waals surface area contributed by atoms with Crippen molar-refractivity contribution in [3.8, 4) is 0 Å². The second-order valence-corrected chi connectivity index (χ2v) is 9.26. The molecule has 4 nitrogen and oxygen atoms in total. The lowest BCUT2D eigenvalue weighted by molar-refractivity contribution is -0.139. The lowest BCUT2D eigenvalue weighted by Gasteiger charge is -2.23. The summed E-state index contributed by atoms with van der Waals surface area (Å²) in [6, 6.07) is 7.60. The molecule has 0 bridgehead atoms. The Bertz CT molecular complexity index is 947. The number of benzene rings is 1. The highest BCUT2D eigenvalue weighted by Gasteiger charge is 2.44. The number of alkyl halides is 3. The van der Waals surface area contributed by atoms with E-state index in [-0.39, 0.29) is 12.6 Å². The molecule has 2 aliphatic rings. The Morgan fingerprint density at radius 2 is 1.81 bits per heavy atom. The molecule has 0 aliphatic heterocycles. The summed E-state index contributed by atoms with van der Waals surface area (Å²) in [5.41, 5.74) is -1.14. The van der Waals surface area contributed by atoms with Crippen LogP contribution < -0.4 is 0 Å². The van der Waals surface area contributed by atoms with Crippen LogP contribution in [0, 0.1) is 5.92 Å². The van der Waals surface area contributed by atoms with Crippen LogP contribution in [0.15, 0.2) is 45.7 Å². The normalized spacial score (nSPS) is 23.0. The average molecular weight is 399 g/mol. The van der Waals surface area contributed by atoms with Crippen molar-refractivity contribution in [3.05, 3.63) is 53.5 Å². The van der Waals surface area contributed by atoms with Crippen LogP contribution in [0.3, 0.4) is 0 Å². The molecule has 1 aromatic carbocycles. The Labute approximate surface area is 156 Å². The number of hydrogen-bond acceptors (Lipinski definition) is 3. The van der Waals surface area contributed by atoms with Crippen LogP contribution in [0.1, 0.15) is 49.2 Å². The van der Waals surface area contributed by atoms with E-state index in [0.717, 1.165) is 28.6 Å².